The Morgan fingerprint density at radius 3 is 2.50 bits per heavy atom. The highest BCUT2D eigenvalue weighted by Gasteiger charge is 2.16. The lowest BCUT2D eigenvalue weighted by atomic mass is 9.85. The van der Waals surface area contributed by atoms with Gasteiger partial charge in [0.2, 0.25) is 0 Å². The highest BCUT2D eigenvalue weighted by molar-refractivity contribution is 5.84. The molecule has 2 aromatic rings. The van der Waals surface area contributed by atoms with Crippen molar-refractivity contribution in [1.82, 2.24) is 10.3 Å². The fraction of sp³-hybridized carbons (Fsp3) is 0.500. The van der Waals surface area contributed by atoms with Gasteiger partial charge in [-0.1, -0.05) is 45.9 Å². The van der Waals surface area contributed by atoms with Gasteiger partial charge < -0.3 is 5.32 Å². The lowest BCUT2D eigenvalue weighted by molar-refractivity contribution is 0.275. The highest BCUT2D eigenvalue weighted by Crippen LogP contribution is 2.20. The first-order valence-corrected chi connectivity index (χ1v) is 7.62. The number of hydrogen-bond acceptors (Lipinski definition) is 2. The summed E-state index contributed by atoms with van der Waals surface area (Å²) >= 11 is 0. The molecule has 108 valence electrons. The molecular weight excluding hydrogens is 244 g/mol. The Hall–Kier alpha value is -1.41. The molecule has 0 spiro atoms. The second kappa shape index (κ2) is 6.85. The summed E-state index contributed by atoms with van der Waals surface area (Å²) in [6, 6.07) is 8.55. The fourth-order valence-electron chi connectivity index (χ4n) is 2.96. The van der Waals surface area contributed by atoms with Gasteiger partial charge in [-0.25, -0.2) is 0 Å². The monoisotopic (exact) mass is 270 g/mol. The van der Waals surface area contributed by atoms with Crippen molar-refractivity contribution in [2.24, 2.45) is 17.8 Å². The molecule has 2 heteroatoms. The fourth-order valence-corrected chi connectivity index (χ4v) is 2.96. The van der Waals surface area contributed by atoms with Gasteiger partial charge in [-0.05, 0) is 41.3 Å². The van der Waals surface area contributed by atoms with Gasteiger partial charge in [0.05, 0.1) is 0 Å². The molecule has 0 fully saturated rings. The van der Waals surface area contributed by atoms with E-state index in [4.69, 9.17) is 0 Å². The second-order valence-corrected chi connectivity index (χ2v) is 6.30. The standard InChI is InChI=1S/C18H26N2/c1-13(2)18(14(3)4)12-20-11-16-7-5-6-15-10-19-9-8-17(15)16/h5-10,13-14,18,20H,11-12H2,1-4H3. The molecule has 0 aliphatic rings. The molecule has 0 bridgehead atoms. The summed E-state index contributed by atoms with van der Waals surface area (Å²) in [5.41, 5.74) is 1.36. The quantitative estimate of drug-likeness (QED) is 0.848. The maximum atomic E-state index is 4.19. The molecule has 0 amide bonds. The lowest BCUT2D eigenvalue weighted by Gasteiger charge is -2.25. The van der Waals surface area contributed by atoms with Crippen molar-refractivity contribution < 1.29 is 0 Å². The van der Waals surface area contributed by atoms with Crippen LogP contribution in [-0.4, -0.2) is 11.5 Å². The zero-order valence-electron chi connectivity index (χ0n) is 13.1. The van der Waals surface area contributed by atoms with Gasteiger partial charge in [-0.2, -0.15) is 0 Å². The van der Waals surface area contributed by atoms with E-state index in [-0.39, 0.29) is 0 Å². The number of pyridine rings is 1. The lowest BCUT2D eigenvalue weighted by Crippen LogP contribution is -2.29. The van der Waals surface area contributed by atoms with Crippen molar-refractivity contribution in [3.05, 3.63) is 42.2 Å². The van der Waals surface area contributed by atoms with Crippen LogP contribution in [0.2, 0.25) is 0 Å². The smallest absolute Gasteiger partial charge is 0.0346 e. The van der Waals surface area contributed by atoms with Gasteiger partial charge in [0.25, 0.3) is 0 Å². The zero-order valence-corrected chi connectivity index (χ0v) is 13.1. The van der Waals surface area contributed by atoms with Crippen LogP contribution in [0.1, 0.15) is 33.3 Å². The Labute approximate surface area is 122 Å². The summed E-state index contributed by atoms with van der Waals surface area (Å²) in [6.45, 7) is 11.3. The van der Waals surface area contributed by atoms with Crippen LogP contribution >= 0.6 is 0 Å². The third-order valence-electron chi connectivity index (χ3n) is 4.18. The van der Waals surface area contributed by atoms with E-state index in [0.29, 0.717) is 0 Å². The topological polar surface area (TPSA) is 24.9 Å². The SMILES string of the molecule is CC(C)C(CNCc1cccc2cnccc12)C(C)C. The van der Waals surface area contributed by atoms with Crippen molar-refractivity contribution in [2.75, 3.05) is 6.54 Å². The van der Waals surface area contributed by atoms with Crippen molar-refractivity contribution >= 4 is 10.8 Å². The number of hydrogen-bond donors (Lipinski definition) is 1. The van der Waals surface area contributed by atoms with Crippen LogP contribution in [0.4, 0.5) is 0 Å². The minimum absolute atomic E-state index is 0.721. The summed E-state index contributed by atoms with van der Waals surface area (Å²) in [4.78, 5) is 4.19. The Bertz CT molecular complexity index is 533. The van der Waals surface area contributed by atoms with Crippen LogP contribution in [0, 0.1) is 17.8 Å². The average Bonchev–Trinajstić information content (AvgIpc) is 2.42. The van der Waals surface area contributed by atoms with Crippen LogP contribution in [0.3, 0.4) is 0 Å². The summed E-state index contributed by atoms with van der Waals surface area (Å²) in [5, 5.41) is 6.16. The first kappa shape index (κ1) is 15.0. The number of rotatable bonds is 6. The summed E-state index contributed by atoms with van der Waals surface area (Å²) in [5.74, 6) is 2.17. The van der Waals surface area contributed by atoms with Gasteiger partial charge in [0, 0.05) is 24.3 Å². The van der Waals surface area contributed by atoms with Crippen molar-refractivity contribution in [3.8, 4) is 0 Å². The van der Waals surface area contributed by atoms with E-state index in [1.165, 1.54) is 16.3 Å². The van der Waals surface area contributed by atoms with E-state index in [0.717, 1.165) is 30.8 Å². The molecule has 1 heterocycles. The minimum Gasteiger partial charge on any atom is -0.312 e. The van der Waals surface area contributed by atoms with Crippen LogP contribution in [0.25, 0.3) is 10.8 Å². The van der Waals surface area contributed by atoms with E-state index in [1.54, 1.807) is 0 Å². The normalized spacial score (nSPS) is 11.9. The maximum Gasteiger partial charge on any atom is 0.0346 e. The molecule has 0 atom stereocenters. The first-order chi connectivity index (χ1) is 9.59. The molecule has 0 unspecified atom stereocenters. The molecular formula is C18H26N2. The van der Waals surface area contributed by atoms with Gasteiger partial charge >= 0.3 is 0 Å². The van der Waals surface area contributed by atoms with Crippen molar-refractivity contribution in [2.45, 2.75) is 34.2 Å². The molecule has 0 saturated carbocycles. The van der Waals surface area contributed by atoms with Crippen LogP contribution in [-0.2, 0) is 6.54 Å². The maximum absolute atomic E-state index is 4.19. The largest absolute Gasteiger partial charge is 0.312 e. The van der Waals surface area contributed by atoms with E-state index in [9.17, 15) is 0 Å². The van der Waals surface area contributed by atoms with Crippen LogP contribution < -0.4 is 5.32 Å². The van der Waals surface area contributed by atoms with Gasteiger partial charge in [0.1, 0.15) is 0 Å². The predicted octanol–water partition coefficient (Wildman–Crippen LogP) is 4.25. The minimum atomic E-state index is 0.721. The molecule has 0 radical (unpaired) electrons. The molecule has 2 nitrogen and oxygen atoms in total. The third kappa shape index (κ3) is 3.57. The number of nitrogens with one attached hydrogen (secondary N) is 1. The van der Waals surface area contributed by atoms with E-state index < -0.39 is 0 Å². The zero-order chi connectivity index (χ0) is 14.5. The molecule has 1 N–H and O–H groups in total. The van der Waals surface area contributed by atoms with Crippen LogP contribution in [0.5, 0.6) is 0 Å². The number of benzene rings is 1. The third-order valence-corrected chi connectivity index (χ3v) is 4.18. The predicted molar refractivity (Wildman–Crippen MR) is 86.6 cm³/mol. The van der Waals surface area contributed by atoms with Gasteiger partial charge in [0.15, 0.2) is 0 Å². The van der Waals surface area contributed by atoms with E-state index >= 15 is 0 Å². The molecule has 0 aliphatic heterocycles. The molecule has 0 aliphatic carbocycles. The molecule has 2 rings (SSSR count). The molecule has 1 aromatic carbocycles. The molecule has 20 heavy (non-hydrogen) atoms. The Morgan fingerprint density at radius 2 is 1.80 bits per heavy atom. The summed E-state index contributed by atoms with van der Waals surface area (Å²) < 4.78 is 0. The number of fused-ring (bicyclic) bond motifs is 1. The summed E-state index contributed by atoms with van der Waals surface area (Å²) in [7, 11) is 0. The van der Waals surface area contributed by atoms with E-state index in [1.807, 2.05) is 12.4 Å². The van der Waals surface area contributed by atoms with Gasteiger partial charge in [-0.3, -0.25) is 4.98 Å². The molecule has 0 saturated heterocycles. The Kier molecular flexibility index (Phi) is 5.13. The van der Waals surface area contributed by atoms with E-state index in [2.05, 4.69) is 62.3 Å². The number of aromatic nitrogens is 1. The average molecular weight is 270 g/mol. The Balaban J connectivity index is 2.03. The van der Waals surface area contributed by atoms with Crippen molar-refractivity contribution in [3.63, 3.8) is 0 Å². The molecule has 1 aromatic heterocycles. The summed E-state index contributed by atoms with van der Waals surface area (Å²) in [6.07, 6.45) is 3.81. The van der Waals surface area contributed by atoms with Crippen molar-refractivity contribution in [1.29, 1.82) is 0 Å². The second-order valence-electron chi connectivity index (χ2n) is 6.30. The highest BCUT2D eigenvalue weighted by atomic mass is 14.9. The van der Waals surface area contributed by atoms with Crippen LogP contribution in [0.15, 0.2) is 36.7 Å². The van der Waals surface area contributed by atoms with Gasteiger partial charge in [-0.15, -0.1) is 0 Å². The Morgan fingerprint density at radius 1 is 1.05 bits per heavy atom. The number of nitrogens with zero attached hydrogens (tertiary/aromatic N) is 1. The first-order valence-electron chi connectivity index (χ1n) is 7.62.